The zero-order valence-electron chi connectivity index (χ0n) is 10.2. The van der Waals surface area contributed by atoms with E-state index in [9.17, 15) is 4.21 Å². The number of thiophene rings is 1. The Morgan fingerprint density at radius 2 is 1.95 bits per heavy atom. The molecule has 3 rings (SSSR count). The molecular weight excluding hydrogens is 274 g/mol. The lowest BCUT2D eigenvalue weighted by Crippen LogP contribution is -1.97. The lowest BCUT2D eigenvalue weighted by molar-refractivity contribution is 0.683. The van der Waals surface area contributed by atoms with Crippen LogP contribution in [0.25, 0.3) is 10.1 Å². The Bertz CT molecular complexity index is 748. The molecule has 19 heavy (non-hydrogen) atoms. The molecule has 0 bridgehead atoms. The average molecular weight is 287 g/mol. The molecule has 0 saturated carbocycles. The number of fused-ring (bicyclic) bond motifs is 1. The number of anilines is 1. The van der Waals surface area contributed by atoms with E-state index in [4.69, 9.17) is 5.73 Å². The molecule has 0 aliphatic heterocycles. The van der Waals surface area contributed by atoms with Crippen LogP contribution in [0.15, 0.2) is 58.8 Å². The van der Waals surface area contributed by atoms with E-state index < -0.39 is 10.8 Å². The molecule has 2 nitrogen and oxygen atoms in total. The SMILES string of the molecule is Nc1cccc(S(=O)Cc2csc3ccccc23)c1. The minimum atomic E-state index is -1.05. The molecular formula is C15H13NOS2. The van der Waals surface area contributed by atoms with Crippen molar-refractivity contribution in [1.29, 1.82) is 0 Å². The third kappa shape index (κ3) is 2.55. The monoisotopic (exact) mass is 287 g/mol. The van der Waals surface area contributed by atoms with Crippen molar-refractivity contribution in [2.24, 2.45) is 0 Å². The quantitative estimate of drug-likeness (QED) is 0.745. The van der Waals surface area contributed by atoms with Gasteiger partial charge in [0.25, 0.3) is 0 Å². The van der Waals surface area contributed by atoms with Gasteiger partial charge in [0.05, 0.1) is 16.6 Å². The van der Waals surface area contributed by atoms with Crippen LogP contribution in [0.4, 0.5) is 5.69 Å². The van der Waals surface area contributed by atoms with Crippen LogP contribution in [0.2, 0.25) is 0 Å². The van der Waals surface area contributed by atoms with Gasteiger partial charge in [-0.25, -0.2) is 0 Å². The van der Waals surface area contributed by atoms with Gasteiger partial charge in [0.2, 0.25) is 0 Å². The first-order valence-electron chi connectivity index (χ1n) is 5.93. The van der Waals surface area contributed by atoms with Crippen LogP contribution in [0.5, 0.6) is 0 Å². The summed E-state index contributed by atoms with van der Waals surface area (Å²) in [7, 11) is -1.05. The molecule has 0 amide bonds. The summed E-state index contributed by atoms with van der Waals surface area (Å²) in [5.41, 5.74) is 7.52. The maximum atomic E-state index is 12.4. The summed E-state index contributed by atoms with van der Waals surface area (Å²) in [6.07, 6.45) is 0. The smallest absolute Gasteiger partial charge is 0.0575 e. The van der Waals surface area contributed by atoms with E-state index in [0.717, 1.165) is 10.5 Å². The van der Waals surface area contributed by atoms with Crippen molar-refractivity contribution in [1.82, 2.24) is 0 Å². The van der Waals surface area contributed by atoms with Gasteiger partial charge in [-0.15, -0.1) is 11.3 Å². The van der Waals surface area contributed by atoms with E-state index >= 15 is 0 Å². The maximum Gasteiger partial charge on any atom is 0.0575 e. The second kappa shape index (κ2) is 5.15. The van der Waals surface area contributed by atoms with E-state index in [1.54, 1.807) is 23.5 Å². The molecule has 3 aromatic rings. The Kier molecular flexibility index (Phi) is 3.36. The zero-order chi connectivity index (χ0) is 13.2. The predicted octanol–water partition coefficient (Wildman–Crippen LogP) is 3.79. The fourth-order valence-electron chi connectivity index (χ4n) is 2.03. The Labute approximate surface area is 118 Å². The number of hydrogen-bond acceptors (Lipinski definition) is 3. The van der Waals surface area contributed by atoms with Gasteiger partial charge >= 0.3 is 0 Å². The van der Waals surface area contributed by atoms with E-state index in [1.807, 2.05) is 24.3 Å². The third-order valence-corrected chi connectivity index (χ3v) is 5.33. The van der Waals surface area contributed by atoms with E-state index in [2.05, 4.69) is 17.5 Å². The Balaban J connectivity index is 1.91. The largest absolute Gasteiger partial charge is 0.399 e. The van der Waals surface area contributed by atoms with Crippen LogP contribution in [-0.4, -0.2) is 4.21 Å². The minimum absolute atomic E-state index is 0.535. The molecule has 96 valence electrons. The van der Waals surface area contributed by atoms with Gasteiger partial charge in [0.15, 0.2) is 0 Å². The van der Waals surface area contributed by atoms with Gasteiger partial charge in [-0.2, -0.15) is 0 Å². The summed E-state index contributed by atoms with van der Waals surface area (Å²) in [5.74, 6) is 0.535. The Morgan fingerprint density at radius 1 is 1.11 bits per heavy atom. The van der Waals surface area contributed by atoms with Crippen molar-refractivity contribution in [3.63, 3.8) is 0 Å². The highest BCUT2D eigenvalue weighted by atomic mass is 32.2. The molecule has 2 aromatic carbocycles. The summed E-state index contributed by atoms with van der Waals surface area (Å²) in [6.45, 7) is 0. The fourth-order valence-corrected chi connectivity index (χ4v) is 4.28. The molecule has 1 unspecified atom stereocenters. The lowest BCUT2D eigenvalue weighted by Gasteiger charge is -2.03. The highest BCUT2D eigenvalue weighted by Gasteiger charge is 2.09. The van der Waals surface area contributed by atoms with Gasteiger partial charge in [0, 0.05) is 15.3 Å². The minimum Gasteiger partial charge on any atom is -0.399 e. The molecule has 2 N–H and O–H groups in total. The predicted molar refractivity (Wildman–Crippen MR) is 82.8 cm³/mol. The summed E-state index contributed by atoms with van der Waals surface area (Å²) >= 11 is 1.70. The standard InChI is InChI=1S/C15H13NOS2/c16-12-4-3-5-13(8-12)19(17)10-11-9-18-15-7-2-1-6-14(11)15/h1-9H,10,16H2. The zero-order valence-corrected chi connectivity index (χ0v) is 11.8. The van der Waals surface area contributed by atoms with Gasteiger partial charge in [-0.3, -0.25) is 4.21 Å². The Hall–Kier alpha value is -1.65. The number of rotatable bonds is 3. The molecule has 0 fully saturated rings. The van der Waals surface area contributed by atoms with Crippen LogP contribution >= 0.6 is 11.3 Å². The third-order valence-electron chi connectivity index (χ3n) is 2.97. The molecule has 0 aliphatic rings. The van der Waals surface area contributed by atoms with Gasteiger partial charge in [-0.1, -0.05) is 24.3 Å². The summed E-state index contributed by atoms with van der Waals surface area (Å²) in [6, 6.07) is 15.5. The molecule has 1 heterocycles. The molecule has 0 spiro atoms. The first-order valence-corrected chi connectivity index (χ1v) is 8.13. The fraction of sp³-hybridized carbons (Fsp3) is 0.0667. The van der Waals surface area contributed by atoms with Crippen molar-refractivity contribution in [3.05, 3.63) is 59.5 Å². The van der Waals surface area contributed by atoms with Gasteiger partial charge < -0.3 is 5.73 Å². The molecule has 0 aliphatic carbocycles. The number of nitrogen functional groups attached to an aromatic ring is 1. The highest BCUT2D eigenvalue weighted by molar-refractivity contribution is 7.84. The van der Waals surface area contributed by atoms with Crippen molar-refractivity contribution in [2.75, 3.05) is 5.73 Å². The molecule has 0 radical (unpaired) electrons. The summed E-state index contributed by atoms with van der Waals surface area (Å²) < 4.78 is 13.6. The van der Waals surface area contributed by atoms with Crippen molar-refractivity contribution in [3.8, 4) is 0 Å². The number of benzene rings is 2. The second-order valence-electron chi connectivity index (χ2n) is 4.32. The Morgan fingerprint density at radius 3 is 2.79 bits per heavy atom. The first kappa shape index (κ1) is 12.4. The first-order chi connectivity index (χ1) is 9.24. The van der Waals surface area contributed by atoms with Gasteiger partial charge in [0.1, 0.15) is 0 Å². The van der Waals surface area contributed by atoms with Crippen molar-refractivity contribution < 1.29 is 4.21 Å². The van der Waals surface area contributed by atoms with Crippen molar-refractivity contribution >= 4 is 37.9 Å². The topological polar surface area (TPSA) is 43.1 Å². The van der Waals surface area contributed by atoms with E-state index in [1.165, 1.54) is 10.1 Å². The van der Waals surface area contributed by atoms with Gasteiger partial charge in [-0.05, 0) is 40.6 Å². The van der Waals surface area contributed by atoms with Crippen LogP contribution in [-0.2, 0) is 16.6 Å². The second-order valence-corrected chi connectivity index (χ2v) is 6.68. The average Bonchev–Trinajstić information content (AvgIpc) is 2.82. The normalized spacial score (nSPS) is 12.6. The number of nitrogens with two attached hydrogens (primary N) is 1. The number of hydrogen-bond donors (Lipinski definition) is 1. The molecule has 1 atom stereocenters. The molecule has 0 saturated heterocycles. The van der Waals surface area contributed by atoms with Crippen LogP contribution in [0, 0.1) is 0 Å². The van der Waals surface area contributed by atoms with Crippen LogP contribution in [0.1, 0.15) is 5.56 Å². The van der Waals surface area contributed by atoms with Crippen molar-refractivity contribution in [2.45, 2.75) is 10.6 Å². The maximum absolute atomic E-state index is 12.4. The molecule has 1 aromatic heterocycles. The molecule has 4 heteroatoms. The van der Waals surface area contributed by atoms with E-state index in [-0.39, 0.29) is 0 Å². The lowest BCUT2D eigenvalue weighted by atomic mass is 10.2. The van der Waals surface area contributed by atoms with E-state index in [0.29, 0.717) is 11.4 Å². The summed E-state index contributed by atoms with van der Waals surface area (Å²) in [5, 5.41) is 3.29. The summed E-state index contributed by atoms with van der Waals surface area (Å²) in [4.78, 5) is 0.787. The van der Waals surface area contributed by atoms with Crippen LogP contribution in [0.3, 0.4) is 0 Å². The highest BCUT2D eigenvalue weighted by Crippen LogP contribution is 2.27. The van der Waals surface area contributed by atoms with Crippen LogP contribution < -0.4 is 5.73 Å².